The summed E-state index contributed by atoms with van der Waals surface area (Å²) in [6.07, 6.45) is 0. The highest BCUT2D eigenvalue weighted by molar-refractivity contribution is 7.89. The van der Waals surface area contributed by atoms with Crippen molar-refractivity contribution in [1.29, 1.82) is 0 Å². The highest BCUT2D eigenvalue weighted by Crippen LogP contribution is 2.14. The first-order valence-electron chi connectivity index (χ1n) is 7.15. The van der Waals surface area contributed by atoms with Gasteiger partial charge in [0.05, 0.1) is 11.4 Å². The van der Waals surface area contributed by atoms with Crippen molar-refractivity contribution in [3.8, 4) is 0 Å². The van der Waals surface area contributed by atoms with Crippen molar-refractivity contribution < 1.29 is 22.8 Å². The van der Waals surface area contributed by atoms with Crippen LogP contribution in [0.5, 0.6) is 0 Å². The summed E-state index contributed by atoms with van der Waals surface area (Å²) in [5.41, 5.74) is 10.0. The van der Waals surface area contributed by atoms with Gasteiger partial charge in [0, 0.05) is 14.1 Å². The van der Waals surface area contributed by atoms with Crippen molar-refractivity contribution in [2.75, 3.05) is 27.2 Å². The number of hydrogen-bond acceptors (Lipinski definition) is 5. The van der Waals surface area contributed by atoms with Gasteiger partial charge in [0.1, 0.15) is 6.54 Å². The van der Waals surface area contributed by atoms with Crippen LogP contribution in [0.2, 0.25) is 0 Å². The van der Waals surface area contributed by atoms with E-state index in [2.05, 4.69) is 10.9 Å². The second-order valence-electron chi connectivity index (χ2n) is 5.36. The average Bonchev–Trinajstić information content (AvgIpc) is 2.53. The topological polar surface area (TPSA) is 142 Å². The number of sulfonamides is 1. The van der Waals surface area contributed by atoms with Crippen LogP contribution in [0.4, 0.5) is 4.79 Å². The van der Waals surface area contributed by atoms with Gasteiger partial charge in [-0.25, -0.2) is 13.2 Å². The Morgan fingerprint density at radius 3 is 1.96 bits per heavy atom. The lowest BCUT2D eigenvalue weighted by molar-refractivity contribution is -0.129. The van der Waals surface area contributed by atoms with Gasteiger partial charge >= 0.3 is 6.03 Å². The van der Waals surface area contributed by atoms with Gasteiger partial charge in [0.25, 0.3) is 11.8 Å². The van der Waals surface area contributed by atoms with E-state index in [0.717, 1.165) is 14.8 Å². The molecule has 0 aliphatic rings. The van der Waals surface area contributed by atoms with Crippen LogP contribution >= 0.6 is 0 Å². The van der Waals surface area contributed by atoms with E-state index in [-0.39, 0.29) is 11.4 Å². The molecule has 0 aliphatic carbocycles. The molecule has 0 heterocycles. The number of rotatable bonds is 6. The number of nitrogens with two attached hydrogens (primary N) is 1. The van der Waals surface area contributed by atoms with Gasteiger partial charge in [-0.05, 0) is 19.1 Å². The van der Waals surface area contributed by atoms with Crippen molar-refractivity contribution in [1.82, 2.24) is 20.1 Å². The van der Waals surface area contributed by atoms with Crippen molar-refractivity contribution >= 4 is 27.9 Å². The van der Waals surface area contributed by atoms with E-state index in [1.165, 1.54) is 26.2 Å². The Labute approximate surface area is 146 Å². The molecule has 10 nitrogen and oxygen atoms in total. The molecule has 0 saturated heterocycles. The Morgan fingerprint density at radius 2 is 1.48 bits per heavy atom. The van der Waals surface area contributed by atoms with Gasteiger partial charge in [-0.15, -0.1) is 0 Å². The minimum atomic E-state index is -3.83. The molecule has 0 unspecified atom stereocenters. The summed E-state index contributed by atoms with van der Waals surface area (Å²) in [5, 5.41) is 0. The quantitative estimate of drug-likeness (QED) is 0.537. The fraction of sp³-hybridized carbons (Fsp3) is 0.357. The fourth-order valence-corrected chi connectivity index (χ4v) is 2.82. The lowest BCUT2D eigenvalue weighted by Crippen LogP contribution is -2.50. The average molecular weight is 371 g/mol. The van der Waals surface area contributed by atoms with E-state index >= 15 is 0 Å². The third kappa shape index (κ3) is 6.04. The number of hydrogen-bond donors (Lipinski definition) is 3. The maximum atomic E-state index is 12.3. The molecular formula is C14H21N5O5S. The van der Waals surface area contributed by atoms with Gasteiger partial charge in [-0.3, -0.25) is 20.4 Å². The maximum Gasteiger partial charge on any atom is 0.314 e. The predicted octanol–water partition coefficient (Wildman–Crippen LogP) is -1.23. The first kappa shape index (κ1) is 20.4. The van der Waals surface area contributed by atoms with Gasteiger partial charge in [-0.1, -0.05) is 17.7 Å². The standard InChI is InChI=1S/C14H21N5O5S/c1-10-4-6-11(7-5-10)25(23,24)19(3)9-13(21)17-16-12(20)8-18(2)14(15)22/h4-7H,8-9H2,1-3H3,(H2,15,22)(H,16,20)(H,17,21). The third-order valence-corrected chi connectivity index (χ3v) is 5.01. The van der Waals surface area contributed by atoms with Crippen molar-refractivity contribution in [2.45, 2.75) is 11.8 Å². The summed E-state index contributed by atoms with van der Waals surface area (Å²) < 4.78 is 25.5. The summed E-state index contributed by atoms with van der Waals surface area (Å²) in [6.45, 7) is 0.973. The minimum Gasteiger partial charge on any atom is -0.351 e. The molecule has 0 radical (unpaired) electrons. The molecule has 138 valence electrons. The molecule has 25 heavy (non-hydrogen) atoms. The number of carbonyl (C=O) groups excluding carboxylic acids is 3. The van der Waals surface area contributed by atoms with E-state index in [0.29, 0.717) is 0 Å². The van der Waals surface area contributed by atoms with E-state index < -0.39 is 34.4 Å². The number of amides is 4. The van der Waals surface area contributed by atoms with Crippen LogP contribution in [-0.4, -0.2) is 62.7 Å². The molecule has 11 heteroatoms. The highest BCUT2D eigenvalue weighted by Gasteiger charge is 2.23. The molecule has 1 aromatic carbocycles. The lowest BCUT2D eigenvalue weighted by Gasteiger charge is -2.18. The van der Waals surface area contributed by atoms with Crippen LogP contribution in [0.25, 0.3) is 0 Å². The number of urea groups is 1. The Hall–Kier alpha value is -2.66. The number of benzene rings is 1. The van der Waals surface area contributed by atoms with Crippen LogP contribution in [0.3, 0.4) is 0 Å². The van der Waals surface area contributed by atoms with Crippen LogP contribution in [0, 0.1) is 6.92 Å². The monoisotopic (exact) mass is 371 g/mol. The fourth-order valence-electron chi connectivity index (χ4n) is 1.69. The van der Waals surface area contributed by atoms with Crippen molar-refractivity contribution in [2.24, 2.45) is 5.73 Å². The molecule has 0 fully saturated rings. The molecule has 4 N–H and O–H groups in total. The lowest BCUT2D eigenvalue weighted by atomic mass is 10.2. The zero-order valence-electron chi connectivity index (χ0n) is 14.1. The third-order valence-electron chi connectivity index (χ3n) is 3.19. The smallest absolute Gasteiger partial charge is 0.314 e. The normalized spacial score (nSPS) is 11.0. The second kappa shape index (κ2) is 8.44. The van der Waals surface area contributed by atoms with Gasteiger partial charge in [0.15, 0.2) is 0 Å². The summed E-state index contributed by atoms with van der Waals surface area (Å²) in [5.74, 6) is -1.42. The van der Waals surface area contributed by atoms with Crippen molar-refractivity contribution in [3.63, 3.8) is 0 Å². The van der Waals surface area contributed by atoms with Gasteiger partial charge in [0.2, 0.25) is 10.0 Å². The van der Waals surface area contributed by atoms with E-state index in [4.69, 9.17) is 5.73 Å². The molecule has 0 aromatic heterocycles. The molecule has 1 aromatic rings. The SMILES string of the molecule is Cc1ccc(S(=O)(=O)N(C)CC(=O)NNC(=O)CN(C)C(N)=O)cc1. The molecule has 1 rings (SSSR count). The van der Waals surface area contributed by atoms with E-state index in [1.54, 1.807) is 12.1 Å². The molecule has 0 bridgehead atoms. The first-order valence-corrected chi connectivity index (χ1v) is 8.59. The summed E-state index contributed by atoms with van der Waals surface area (Å²) in [6, 6.07) is 5.39. The number of nitrogens with one attached hydrogen (secondary N) is 2. The molecule has 4 amide bonds. The summed E-state index contributed by atoms with van der Waals surface area (Å²) in [4.78, 5) is 35.1. The zero-order chi connectivity index (χ0) is 19.2. The van der Waals surface area contributed by atoms with Crippen LogP contribution < -0.4 is 16.6 Å². The van der Waals surface area contributed by atoms with Gasteiger partial charge < -0.3 is 10.6 Å². The van der Waals surface area contributed by atoms with Gasteiger partial charge in [-0.2, -0.15) is 4.31 Å². The molecule has 0 aliphatic heterocycles. The van der Waals surface area contributed by atoms with Crippen LogP contribution in [0.1, 0.15) is 5.56 Å². The minimum absolute atomic E-state index is 0.0560. The predicted molar refractivity (Wildman–Crippen MR) is 89.5 cm³/mol. The Morgan fingerprint density at radius 1 is 1.00 bits per heavy atom. The van der Waals surface area contributed by atoms with E-state index in [1.807, 2.05) is 6.92 Å². The number of carbonyl (C=O) groups is 3. The number of nitrogens with zero attached hydrogens (tertiary/aromatic N) is 2. The Kier molecular flexibility index (Phi) is 6.88. The molecule has 0 saturated carbocycles. The number of aryl methyl sites for hydroxylation is 1. The summed E-state index contributed by atoms with van der Waals surface area (Å²) >= 11 is 0. The maximum absolute atomic E-state index is 12.3. The number of likely N-dealkylation sites (N-methyl/N-ethyl adjacent to an activating group) is 2. The molecular weight excluding hydrogens is 350 g/mol. The Balaban J connectivity index is 2.57. The number of hydrazine groups is 1. The summed E-state index contributed by atoms with van der Waals surface area (Å²) in [7, 11) is -1.27. The second-order valence-corrected chi connectivity index (χ2v) is 7.41. The Bertz CT molecular complexity index is 747. The number of primary amides is 1. The highest BCUT2D eigenvalue weighted by atomic mass is 32.2. The van der Waals surface area contributed by atoms with Crippen molar-refractivity contribution in [3.05, 3.63) is 29.8 Å². The molecule has 0 atom stereocenters. The largest absolute Gasteiger partial charge is 0.351 e. The van der Waals surface area contributed by atoms with E-state index in [9.17, 15) is 22.8 Å². The van der Waals surface area contributed by atoms with Crippen LogP contribution in [0.15, 0.2) is 29.2 Å². The zero-order valence-corrected chi connectivity index (χ0v) is 15.0. The van der Waals surface area contributed by atoms with Crippen LogP contribution in [-0.2, 0) is 19.6 Å². The first-order chi connectivity index (χ1) is 11.5. The molecule has 0 spiro atoms.